The number of sulfone groups is 1. The highest BCUT2D eigenvalue weighted by molar-refractivity contribution is 7.91. The van der Waals surface area contributed by atoms with Crippen molar-refractivity contribution in [2.75, 3.05) is 36.4 Å². The Labute approximate surface area is 173 Å². The van der Waals surface area contributed by atoms with Crippen molar-refractivity contribution in [2.45, 2.75) is 23.6 Å². The minimum absolute atomic E-state index is 0.231. The molecule has 1 fully saturated rings. The Morgan fingerprint density at radius 1 is 1.03 bits per heavy atom. The lowest BCUT2D eigenvalue weighted by atomic mass is 10.2. The van der Waals surface area contributed by atoms with E-state index in [1.54, 1.807) is 24.0 Å². The Balaban J connectivity index is 1.66. The van der Waals surface area contributed by atoms with Gasteiger partial charge < -0.3 is 10.2 Å². The molecule has 3 rings (SSSR count). The molecule has 30 heavy (non-hydrogen) atoms. The Bertz CT molecular complexity index is 1010. The van der Waals surface area contributed by atoms with Gasteiger partial charge in [0.05, 0.1) is 16.6 Å². The third-order valence-corrected chi connectivity index (χ3v) is 6.51. The number of carbonyl (C=O) groups is 1. The van der Waals surface area contributed by atoms with E-state index in [9.17, 15) is 26.4 Å². The molecule has 1 atom stereocenters. The first-order valence-electron chi connectivity index (χ1n) is 9.36. The predicted octanol–water partition coefficient (Wildman–Crippen LogP) is 2.97. The van der Waals surface area contributed by atoms with Gasteiger partial charge in [0.25, 0.3) is 0 Å². The van der Waals surface area contributed by atoms with Crippen LogP contribution in [-0.4, -0.2) is 57.2 Å². The molecule has 1 unspecified atom stereocenters. The number of alkyl halides is 2. The third kappa shape index (κ3) is 4.76. The van der Waals surface area contributed by atoms with Crippen molar-refractivity contribution < 1.29 is 26.4 Å². The molecule has 1 aliphatic heterocycles. The van der Waals surface area contributed by atoms with Gasteiger partial charge in [0.1, 0.15) is 5.82 Å². The SMILES string of the molecule is CC(C(=O)Nc1cccc(F)c1)N1CCN(c2ccccc2S(=O)(=O)C(F)F)CC1. The molecule has 0 spiro atoms. The van der Waals surface area contributed by atoms with Gasteiger partial charge in [-0.05, 0) is 37.3 Å². The molecule has 162 valence electrons. The molecule has 0 radical (unpaired) electrons. The number of anilines is 2. The van der Waals surface area contributed by atoms with E-state index in [-0.39, 0.29) is 11.6 Å². The Hall–Kier alpha value is -2.59. The second-order valence-electron chi connectivity index (χ2n) is 6.97. The number of nitrogens with one attached hydrogen (secondary N) is 1. The van der Waals surface area contributed by atoms with E-state index in [1.807, 2.05) is 4.90 Å². The molecule has 1 amide bonds. The van der Waals surface area contributed by atoms with Gasteiger partial charge >= 0.3 is 5.76 Å². The molecular formula is C20H22F3N3O3S. The molecule has 1 heterocycles. The molecule has 6 nitrogen and oxygen atoms in total. The smallest absolute Gasteiger partial charge is 0.341 e. The normalized spacial score (nSPS) is 16.5. The van der Waals surface area contributed by atoms with Crippen molar-refractivity contribution in [3.8, 4) is 0 Å². The van der Waals surface area contributed by atoms with Crippen LogP contribution in [0.2, 0.25) is 0 Å². The van der Waals surface area contributed by atoms with Crippen molar-refractivity contribution in [1.82, 2.24) is 4.90 Å². The minimum Gasteiger partial charge on any atom is -0.368 e. The van der Waals surface area contributed by atoms with Crippen LogP contribution in [0.25, 0.3) is 0 Å². The summed E-state index contributed by atoms with van der Waals surface area (Å²) in [6.07, 6.45) is 0. The molecule has 2 aromatic carbocycles. The van der Waals surface area contributed by atoms with Crippen LogP contribution in [0.4, 0.5) is 24.5 Å². The summed E-state index contributed by atoms with van der Waals surface area (Å²) in [6, 6.07) is 10.8. The number of piperazine rings is 1. The molecule has 0 saturated carbocycles. The quantitative estimate of drug-likeness (QED) is 0.747. The van der Waals surface area contributed by atoms with E-state index < -0.39 is 32.3 Å². The summed E-state index contributed by atoms with van der Waals surface area (Å²) in [6.45, 7) is 3.32. The maximum Gasteiger partial charge on any atom is 0.341 e. The van der Waals surface area contributed by atoms with E-state index in [0.717, 1.165) is 0 Å². The van der Waals surface area contributed by atoms with E-state index in [2.05, 4.69) is 5.32 Å². The van der Waals surface area contributed by atoms with Crippen molar-refractivity contribution >= 4 is 27.1 Å². The first kappa shape index (κ1) is 22.1. The number of hydrogen-bond donors (Lipinski definition) is 1. The lowest BCUT2D eigenvalue weighted by Crippen LogP contribution is -2.53. The van der Waals surface area contributed by atoms with E-state index >= 15 is 0 Å². The highest BCUT2D eigenvalue weighted by Gasteiger charge is 2.32. The van der Waals surface area contributed by atoms with Crippen molar-refractivity contribution in [3.05, 3.63) is 54.3 Å². The van der Waals surface area contributed by atoms with E-state index in [0.29, 0.717) is 31.9 Å². The number of benzene rings is 2. The van der Waals surface area contributed by atoms with Crippen LogP contribution in [-0.2, 0) is 14.6 Å². The van der Waals surface area contributed by atoms with Gasteiger partial charge in [-0.25, -0.2) is 12.8 Å². The van der Waals surface area contributed by atoms with Crippen LogP contribution in [0, 0.1) is 5.82 Å². The van der Waals surface area contributed by atoms with Gasteiger partial charge in [0, 0.05) is 31.9 Å². The maximum atomic E-state index is 13.3. The van der Waals surface area contributed by atoms with Gasteiger partial charge in [0.15, 0.2) is 0 Å². The number of rotatable bonds is 6. The zero-order chi connectivity index (χ0) is 21.9. The van der Waals surface area contributed by atoms with E-state index in [1.165, 1.54) is 36.4 Å². The lowest BCUT2D eigenvalue weighted by molar-refractivity contribution is -0.120. The average molecular weight is 441 g/mol. The Kier molecular flexibility index (Phi) is 6.67. The van der Waals surface area contributed by atoms with Crippen LogP contribution in [0.1, 0.15) is 6.92 Å². The van der Waals surface area contributed by atoms with Crippen molar-refractivity contribution in [3.63, 3.8) is 0 Å². The highest BCUT2D eigenvalue weighted by Crippen LogP contribution is 2.30. The number of carbonyl (C=O) groups excluding carboxylic acids is 1. The first-order chi connectivity index (χ1) is 14.2. The monoisotopic (exact) mass is 441 g/mol. The third-order valence-electron chi connectivity index (χ3n) is 5.08. The minimum atomic E-state index is -4.72. The topological polar surface area (TPSA) is 69.7 Å². The number of para-hydroxylation sites is 1. The molecule has 0 bridgehead atoms. The molecule has 0 aliphatic carbocycles. The zero-order valence-corrected chi connectivity index (χ0v) is 17.1. The maximum absolute atomic E-state index is 13.3. The second-order valence-corrected chi connectivity index (χ2v) is 8.86. The highest BCUT2D eigenvalue weighted by atomic mass is 32.2. The molecular weight excluding hydrogens is 419 g/mol. The summed E-state index contributed by atoms with van der Waals surface area (Å²) in [5.41, 5.74) is 0.589. The summed E-state index contributed by atoms with van der Waals surface area (Å²) in [5.74, 6) is -4.24. The van der Waals surface area contributed by atoms with Gasteiger partial charge in [-0.3, -0.25) is 9.69 Å². The molecule has 2 aromatic rings. The van der Waals surface area contributed by atoms with Crippen LogP contribution in [0.15, 0.2) is 53.4 Å². The van der Waals surface area contributed by atoms with Gasteiger partial charge in [-0.1, -0.05) is 18.2 Å². The molecule has 1 N–H and O–H groups in total. The summed E-state index contributed by atoms with van der Waals surface area (Å²) in [5, 5.41) is 2.67. The summed E-state index contributed by atoms with van der Waals surface area (Å²) in [7, 11) is -4.72. The fraction of sp³-hybridized carbons (Fsp3) is 0.350. The molecule has 10 heteroatoms. The Morgan fingerprint density at radius 3 is 2.33 bits per heavy atom. The van der Waals surface area contributed by atoms with Crippen LogP contribution >= 0.6 is 0 Å². The summed E-state index contributed by atoms with van der Waals surface area (Å²) in [4.78, 5) is 15.7. The summed E-state index contributed by atoms with van der Waals surface area (Å²) < 4.78 is 63.3. The second kappa shape index (κ2) is 9.05. The Morgan fingerprint density at radius 2 is 1.70 bits per heavy atom. The van der Waals surface area contributed by atoms with Gasteiger partial charge in [-0.15, -0.1) is 0 Å². The number of amides is 1. The fourth-order valence-corrected chi connectivity index (χ4v) is 4.33. The van der Waals surface area contributed by atoms with Crippen LogP contribution in [0.5, 0.6) is 0 Å². The standard InChI is InChI=1S/C20H22F3N3O3S/c1-14(19(27)24-16-6-4-5-15(21)13-16)25-9-11-26(12-10-25)17-7-2-3-8-18(17)30(28,29)20(22)23/h2-8,13-14,20H,9-12H2,1H3,(H,24,27). The zero-order valence-electron chi connectivity index (χ0n) is 16.3. The molecule has 0 aromatic heterocycles. The van der Waals surface area contributed by atoms with Gasteiger partial charge in [0.2, 0.25) is 15.7 Å². The van der Waals surface area contributed by atoms with Crippen molar-refractivity contribution in [1.29, 1.82) is 0 Å². The van der Waals surface area contributed by atoms with Crippen molar-refractivity contribution in [2.24, 2.45) is 0 Å². The predicted molar refractivity (Wildman–Crippen MR) is 108 cm³/mol. The largest absolute Gasteiger partial charge is 0.368 e. The number of hydrogen-bond acceptors (Lipinski definition) is 5. The van der Waals surface area contributed by atoms with Crippen LogP contribution < -0.4 is 10.2 Å². The number of halogens is 3. The summed E-state index contributed by atoms with van der Waals surface area (Å²) >= 11 is 0. The number of nitrogens with zero attached hydrogens (tertiary/aromatic N) is 2. The molecule has 1 aliphatic rings. The van der Waals surface area contributed by atoms with Gasteiger partial charge in [-0.2, -0.15) is 8.78 Å². The lowest BCUT2D eigenvalue weighted by Gasteiger charge is -2.39. The molecule has 1 saturated heterocycles. The fourth-order valence-electron chi connectivity index (χ4n) is 3.38. The van der Waals surface area contributed by atoms with E-state index in [4.69, 9.17) is 0 Å². The van der Waals surface area contributed by atoms with Crippen LogP contribution in [0.3, 0.4) is 0 Å². The first-order valence-corrected chi connectivity index (χ1v) is 10.9. The average Bonchev–Trinajstić information content (AvgIpc) is 2.73.